The van der Waals surface area contributed by atoms with Gasteiger partial charge in [0.1, 0.15) is 23.6 Å². The highest BCUT2D eigenvalue weighted by Crippen LogP contribution is 2.26. The lowest BCUT2D eigenvalue weighted by atomic mass is 10.2. The van der Waals surface area contributed by atoms with E-state index in [0.717, 1.165) is 5.56 Å². The minimum absolute atomic E-state index is 0.105. The highest BCUT2D eigenvalue weighted by molar-refractivity contribution is 5.77. The molecule has 1 aliphatic heterocycles. The summed E-state index contributed by atoms with van der Waals surface area (Å²) in [4.78, 5) is 20.0. The average molecular weight is 304 g/mol. The molecule has 1 aromatic carbocycles. The highest BCUT2D eigenvalue weighted by Gasteiger charge is 2.10. The largest absolute Gasteiger partial charge is 0.489 e. The highest BCUT2D eigenvalue weighted by atomic mass is 16.5. The zero-order valence-electron chi connectivity index (χ0n) is 12.1. The lowest BCUT2D eigenvalue weighted by Crippen LogP contribution is -1.99. The van der Waals surface area contributed by atoms with E-state index in [1.54, 1.807) is 24.5 Å². The molecule has 4 rings (SSSR count). The van der Waals surface area contributed by atoms with Crippen LogP contribution in [0.3, 0.4) is 0 Å². The molecule has 0 atom stereocenters. The summed E-state index contributed by atoms with van der Waals surface area (Å²) in [6.45, 7) is 0.422. The molecule has 0 spiro atoms. The third-order valence-corrected chi connectivity index (χ3v) is 3.45. The van der Waals surface area contributed by atoms with Crippen molar-refractivity contribution in [1.82, 2.24) is 9.97 Å². The number of hydrogen-bond acceptors (Lipinski definition) is 5. The Morgan fingerprint density at radius 3 is 2.91 bits per heavy atom. The third-order valence-electron chi connectivity index (χ3n) is 3.45. The summed E-state index contributed by atoms with van der Waals surface area (Å²) in [5, 5.41) is 0. The number of ether oxygens (including phenoxy) is 1. The summed E-state index contributed by atoms with van der Waals surface area (Å²) in [7, 11) is 0. The van der Waals surface area contributed by atoms with Gasteiger partial charge in [-0.15, -0.1) is 0 Å². The second-order valence-corrected chi connectivity index (χ2v) is 5.12. The maximum Gasteiger partial charge on any atom is 0.182 e. The number of fused-ring (bicyclic) bond motifs is 2. The first kappa shape index (κ1) is 13.5. The van der Waals surface area contributed by atoms with Gasteiger partial charge < -0.3 is 9.15 Å². The van der Waals surface area contributed by atoms with Crippen molar-refractivity contribution >= 4 is 11.1 Å². The predicted octanol–water partition coefficient (Wildman–Crippen LogP) is 3.27. The van der Waals surface area contributed by atoms with E-state index in [1.165, 1.54) is 12.1 Å². The number of pyridine rings is 1. The van der Waals surface area contributed by atoms with Crippen molar-refractivity contribution in [3.8, 4) is 17.2 Å². The number of benzene rings is 2. The van der Waals surface area contributed by atoms with Crippen LogP contribution in [0.4, 0.5) is 0 Å². The van der Waals surface area contributed by atoms with Crippen molar-refractivity contribution in [3.63, 3.8) is 0 Å². The van der Waals surface area contributed by atoms with E-state index in [4.69, 9.17) is 9.15 Å². The fraction of sp³-hybridized carbons (Fsp3) is 0.0556. The van der Waals surface area contributed by atoms with Crippen LogP contribution in [0.15, 0.2) is 70.1 Å². The molecule has 5 heteroatoms. The predicted molar refractivity (Wildman–Crippen MR) is 85.5 cm³/mol. The van der Waals surface area contributed by atoms with Gasteiger partial charge in [-0.1, -0.05) is 6.07 Å². The molecule has 0 amide bonds. The summed E-state index contributed by atoms with van der Waals surface area (Å²) in [6.07, 6.45) is 3.48. The smallest absolute Gasteiger partial charge is 0.182 e. The zero-order valence-corrected chi connectivity index (χ0v) is 12.1. The second kappa shape index (κ2) is 5.53. The van der Waals surface area contributed by atoms with Crippen LogP contribution in [0.25, 0.3) is 22.6 Å². The minimum atomic E-state index is -0.105. The van der Waals surface area contributed by atoms with Crippen molar-refractivity contribution in [3.05, 3.63) is 76.7 Å². The van der Waals surface area contributed by atoms with Crippen LogP contribution in [0.1, 0.15) is 5.56 Å². The van der Waals surface area contributed by atoms with E-state index in [0.29, 0.717) is 34.9 Å². The minimum Gasteiger partial charge on any atom is -0.489 e. The molecule has 2 aliphatic rings. The van der Waals surface area contributed by atoms with Crippen LogP contribution < -0.4 is 10.2 Å². The summed E-state index contributed by atoms with van der Waals surface area (Å²) in [6, 6.07) is 13.8. The average Bonchev–Trinajstić information content (AvgIpc) is 2.59. The van der Waals surface area contributed by atoms with Gasteiger partial charge in [-0.2, -0.15) is 0 Å². The van der Waals surface area contributed by atoms with Crippen molar-refractivity contribution in [2.45, 2.75) is 6.61 Å². The fourth-order valence-electron chi connectivity index (χ4n) is 2.33. The van der Waals surface area contributed by atoms with Crippen LogP contribution >= 0.6 is 0 Å². The molecular formula is C18H12N2O3. The van der Waals surface area contributed by atoms with Crippen LogP contribution in [0.5, 0.6) is 5.75 Å². The van der Waals surface area contributed by atoms with Gasteiger partial charge in [0.25, 0.3) is 0 Å². The van der Waals surface area contributed by atoms with Crippen LogP contribution in [-0.4, -0.2) is 9.97 Å². The standard InChI is InChI=1S/C18H12N2O3/c21-13-3-5-15-17(8-13)23-18-9-14(4-6-16(18)20-15)22-11-12-2-1-7-19-10-12/h1-10H,11H2. The molecule has 0 fully saturated rings. The summed E-state index contributed by atoms with van der Waals surface area (Å²) in [5.74, 6) is 1.14. The van der Waals surface area contributed by atoms with Gasteiger partial charge in [-0.25, -0.2) is 4.98 Å². The normalized spacial score (nSPS) is 11.0. The maximum absolute atomic E-state index is 11.4. The zero-order chi connectivity index (χ0) is 15.6. The van der Waals surface area contributed by atoms with Gasteiger partial charge in [-0.05, 0) is 30.3 Å². The van der Waals surface area contributed by atoms with Gasteiger partial charge in [0.05, 0.1) is 0 Å². The molecule has 0 radical (unpaired) electrons. The first-order chi connectivity index (χ1) is 11.3. The Morgan fingerprint density at radius 1 is 1.09 bits per heavy atom. The Kier molecular flexibility index (Phi) is 3.24. The molecular weight excluding hydrogens is 292 g/mol. The van der Waals surface area contributed by atoms with Crippen LogP contribution in [-0.2, 0) is 6.61 Å². The van der Waals surface area contributed by atoms with Gasteiger partial charge in [0.15, 0.2) is 16.8 Å². The number of rotatable bonds is 3. The van der Waals surface area contributed by atoms with Crippen LogP contribution in [0.2, 0.25) is 0 Å². The number of hydrogen-bond donors (Lipinski definition) is 0. The fourth-order valence-corrected chi connectivity index (χ4v) is 2.33. The van der Waals surface area contributed by atoms with E-state index < -0.39 is 0 Å². The molecule has 2 heterocycles. The van der Waals surface area contributed by atoms with E-state index in [1.807, 2.05) is 24.3 Å². The van der Waals surface area contributed by atoms with E-state index in [2.05, 4.69) is 9.97 Å². The molecule has 0 saturated heterocycles. The lowest BCUT2D eigenvalue weighted by molar-refractivity contribution is 0.305. The summed E-state index contributed by atoms with van der Waals surface area (Å²) in [5.41, 5.74) is 2.82. The monoisotopic (exact) mass is 304 g/mol. The van der Waals surface area contributed by atoms with Crippen molar-refractivity contribution in [1.29, 1.82) is 0 Å². The Balaban J connectivity index is 1.68. The topological polar surface area (TPSA) is 65.2 Å². The summed E-state index contributed by atoms with van der Waals surface area (Å²) >= 11 is 0. The number of nitrogens with zero attached hydrogens (tertiary/aromatic N) is 2. The second-order valence-electron chi connectivity index (χ2n) is 5.12. The molecule has 112 valence electrons. The van der Waals surface area contributed by atoms with Gasteiger partial charge >= 0.3 is 0 Å². The van der Waals surface area contributed by atoms with E-state index in [9.17, 15) is 4.79 Å². The molecule has 1 aliphatic carbocycles. The molecule has 1 aromatic heterocycles. The maximum atomic E-state index is 11.4. The van der Waals surface area contributed by atoms with Crippen molar-refractivity contribution < 1.29 is 9.15 Å². The van der Waals surface area contributed by atoms with E-state index >= 15 is 0 Å². The van der Waals surface area contributed by atoms with Crippen molar-refractivity contribution in [2.24, 2.45) is 0 Å². The molecule has 0 unspecified atom stereocenters. The molecule has 5 nitrogen and oxygen atoms in total. The van der Waals surface area contributed by atoms with Gasteiger partial charge in [0.2, 0.25) is 0 Å². The third kappa shape index (κ3) is 2.76. The van der Waals surface area contributed by atoms with Crippen LogP contribution in [0, 0.1) is 0 Å². The molecule has 0 saturated carbocycles. The summed E-state index contributed by atoms with van der Waals surface area (Å²) < 4.78 is 11.5. The lowest BCUT2D eigenvalue weighted by Gasteiger charge is -2.08. The first-order valence-corrected chi connectivity index (χ1v) is 7.14. The van der Waals surface area contributed by atoms with Crippen molar-refractivity contribution in [2.75, 3.05) is 0 Å². The molecule has 23 heavy (non-hydrogen) atoms. The number of aromatic nitrogens is 2. The molecule has 2 aromatic rings. The molecule has 0 bridgehead atoms. The Hall–Kier alpha value is -3.21. The SMILES string of the molecule is O=c1ccc2nc3ccc(OCc4cccnc4)cc3oc-2c1. The Bertz CT molecular complexity index is 996. The Labute approximate surface area is 131 Å². The van der Waals surface area contributed by atoms with E-state index in [-0.39, 0.29) is 5.43 Å². The Morgan fingerprint density at radius 2 is 2.04 bits per heavy atom. The molecule has 0 N–H and O–H groups in total. The quantitative estimate of drug-likeness (QED) is 0.543. The first-order valence-electron chi connectivity index (χ1n) is 7.14. The van der Waals surface area contributed by atoms with Gasteiger partial charge in [-0.3, -0.25) is 9.78 Å². The van der Waals surface area contributed by atoms with Gasteiger partial charge in [0, 0.05) is 30.1 Å².